The van der Waals surface area contributed by atoms with Crippen LogP contribution in [0.5, 0.6) is 0 Å². The largest absolute Gasteiger partial charge is 0.344 e. The first-order valence-corrected chi connectivity index (χ1v) is 7.02. The van der Waals surface area contributed by atoms with Crippen molar-refractivity contribution >= 4 is 44.8 Å². The van der Waals surface area contributed by atoms with E-state index in [0.29, 0.717) is 18.1 Å². The first-order valence-electron chi connectivity index (χ1n) is 6.21. The molecule has 0 amide bonds. The molecule has 2 N–H and O–H groups in total. The van der Waals surface area contributed by atoms with Crippen molar-refractivity contribution in [2.45, 2.75) is 18.9 Å². The number of halogens is 1. The quantitative estimate of drug-likeness (QED) is 0.695. The van der Waals surface area contributed by atoms with Crippen LogP contribution in [-0.4, -0.2) is 29.0 Å². The van der Waals surface area contributed by atoms with Gasteiger partial charge in [0.05, 0.1) is 15.1 Å². The minimum atomic E-state index is -0.392. The maximum absolute atomic E-state index is 10.8. The fourth-order valence-electron chi connectivity index (χ4n) is 2.47. The van der Waals surface area contributed by atoms with Crippen molar-refractivity contribution in [2.24, 2.45) is 5.73 Å². The van der Waals surface area contributed by atoms with E-state index in [-0.39, 0.29) is 18.1 Å². The van der Waals surface area contributed by atoms with Gasteiger partial charge in [-0.25, -0.2) is 4.98 Å². The van der Waals surface area contributed by atoms with E-state index in [1.807, 2.05) is 0 Å². The summed E-state index contributed by atoms with van der Waals surface area (Å²) in [6, 6.07) is 5.16. The van der Waals surface area contributed by atoms with Gasteiger partial charge in [0, 0.05) is 31.3 Å². The molecule has 6 nitrogen and oxygen atoms in total. The molecule has 3 rings (SSSR count). The number of hydrogen-bond donors (Lipinski definition) is 1. The average molecular weight is 315 g/mol. The molecule has 2 heterocycles. The van der Waals surface area contributed by atoms with Crippen molar-refractivity contribution in [3.63, 3.8) is 0 Å². The number of nitro benzene ring substituents is 1. The third kappa shape index (κ3) is 2.56. The van der Waals surface area contributed by atoms with Crippen LogP contribution in [0.4, 0.5) is 10.8 Å². The smallest absolute Gasteiger partial charge is 0.271 e. The number of aromatic nitrogens is 1. The molecule has 0 bridgehead atoms. The third-order valence-electron chi connectivity index (χ3n) is 3.47. The fraction of sp³-hybridized carbons (Fsp3) is 0.417. The summed E-state index contributed by atoms with van der Waals surface area (Å²) < 4.78 is 0.975. The molecular formula is C12H15ClN4O2S. The average Bonchev–Trinajstić information content (AvgIpc) is 3.03. The summed E-state index contributed by atoms with van der Waals surface area (Å²) in [5, 5.41) is 11.7. The molecule has 0 radical (unpaired) electrons. The number of hydrogen-bond acceptors (Lipinski definition) is 6. The second-order valence-corrected chi connectivity index (χ2v) is 5.64. The Labute approximate surface area is 126 Å². The van der Waals surface area contributed by atoms with E-state index in [0.717, 1.165) is 29.2 Å². The number of rotatable bonds is 3. The Morgan fingerprint density at radius 3 is 3.05 bits per heavy atom. The molecule has 1 atom stereocenters. The van der Waals surface area contributed by atoms with Gasteiger partial charge in [-0.3, -0.25) is 10.1 Å². The Balaban J connectivity index is 0.00000147. The van der Waals surface area contributed by atoms with Gasteiger partial charge in [-0.15, -0.1) is 12.4 Å². The van der Waals surface area contributed by atoms with E-state index in [4.69, 9.17) is 5.73 Å². The Hall–Kier alpha value is -1.44. The highest BCUT2D eigenvalue weighted by Crippen LogP contribution is 2.34. The molecule has 2 aromatic rings. The van der Waals surface area contributed by atoms with E-state index in [1.54, 1.807) is 17.4 Å². The summed E-state index contributed by atoms with van der Waals surface area (Å²) in [5.41, 5.74) is 6.54. The summed E-state index contributed by atoms with van der Waals surface area (Å²) >= 11 is 1.57. The van der Waals surface area contributed by atoms with Crippen molar-refractivity contribution in [2.75, 3.05) is 18.0 Å². The number of anilines is 1. The number of nitrogens with two attached hydrogens (primary N) is 1. The van der Waals surface area contributed by atoms with Gasteiger partial charge in [-0.2, -0.15) is 0 Å². The number of benzene rings is 1. The number of nitro groups is 1. The standard InChI is InChI=1S/C12H14N4O2S.ClH/c13-7-9-2-1-5-15(9)12-14-10-6-8(16(17)18)3-4-11(10)19-12;/h3-4,6,9H,1-2,5,7,13H2;1H. The van der Waals surface area contributed by atoms with E-state index in [2.05, 4.69) is 9.88 Å². The van der Waals surface area contributed by atoms with Crippen LogP contribution in [0.2, 0.25) is 0 Å². The van der Waals surface area contributed by atoms with Crippen LogP contribution in [0.3, 0.4) is 0 Å². The lowest BCUT2D eigenvalue weighted by atomic mass is 10.2. The van der Waals surface area contributed by atoms with Gasteiger partial charge in [0.2, 0.25) is 0 Å². The lowest BCUT2D eigenvalue weighted by molar-refractivity contribution is -0.384. The van der Waals surface area contributed by atoms with E-state index in [1.165, 1.54) is 12.1 Å². The zero-order valence-electron chi connectivity index (χ0n) is 10.7. The first kappa shape index (κ1) is 15.0. The van der Waals surface area contributed by atoms with Gasteiger partial charge < -0.3 is 10.6 Å². The van der Waals surface area contributed by atoms with Gasteiger partial charge in [0.25, 0.3) is 5.69 Å². The van der Waals surface area contributed by atoms with Crippen molar-refractivity contribution < 1.29 is 4.92 Å². The molecule has 1 unspecified atom stereocenters. The van der Waals surface area contributed by atoms with Crippen LogP contribution in [0.25, 0.3) is 10.2 Å². The van der Waals surface area contributed by atoms with Crippen LogP contribution in [0.1, 0.15) is 12.8 Å². The maximum Gasteiger partial charge on any atom is 0.271 e. The number of non-ortho nitro benzene ring substituents is 1. The second-order valence-electron chi connectivity index (χ2n) is 4.63. The van der Waals surface area contributed by atoms with Crippen molar-refractivity contribution in [1.82, 2.24) is 4.98 Å². The topological polar surface area (TPSA) is 85.3 Å². The summed E-state index contributed by atoms with van der Waals surface area (Å²) in [5.74, 6) is 0. The fourth-order valence-corrected chi connectivity index (χ4v) is 3.52. The summed E-state index contributed by atoms with van der Waals surface area (Å²) in [6.45, 7) is 1.58. The molecule has 1 aliphatic rings. The minimum Gasteiger partial charge on any atom is -0.344 e. The minimum absolute atomic E-state index is 0. The zero-order valence-corrected chi connectivity index (χ0v) is 12.3. The van der Waals surface area contributed by atoms with Gasteiger partial charge >= 0.3 is 0 Å². The monoisotopic (exact) mass is 314 g/mol. The maximum atomic E-state index is 10.8. The highest BCUT2D eigenvalue weighted by Gasteiger charge is 2.26. The lowest BCUT2D eigenvalue weighted by Gasteiger charge is -2.22. The molecule has 1 fully saturated rings. The molecule has 8 heteroatoms. The lowest BCUT2D eigenvalue weighted by Crippen LogP contribution is -2.35. The molecule has 0 spiro atoms. The van der Waals surface area contributed by atoms with Crippen LogP contribution < -0.4 is 10.6 Å². The second kappa shape index (κ2) is 5.90. The van der Waals surface area contributed by atoms with E-state index < -0.39 is 4.92 Å². The highest BCUT2D eigenvalue weighted by atomic mass is 35.5. The molecule has 0 saturated carbocycles. The van der Waals surface area contributed by atoms with Gasteiger partial charge in [0.1, 0.15) is 0 Å². The van der Waals surface area contributed by atoms with Crippen molar-refractivity contribution in [1.29, 1.82) is 0 Å². The predicted octanol–water partition coefficient (Wildman–Crippen LogP) is 2.55. The Morgan fingerprint density at radius 1 is 1.55 bits per heavy atom. The molecule has 20 heavy (non-hydrogen) atoms. The molecule has 0 aliphatic carbocycles. The van der Waals surface area contributed by atoms with E-state index in [9.17, 15) is 10.1 Å². The highest BCUT2D eigenvalue weighted by molar-refractivity contribution is 7.22. The summed E-state index contributed by atoms with van der Waals surface area (Å²) in [7, 11) is 0. The van der Waals surface area contributed by atoms with Gasteiger partial charge in [0.15, 0.2) is 5.13 Å². The summed E-state index contributed by atoms with van der Waals surface area (Å²) in [4.78, 5) is 17.1. The molecule has 1 aliphatic heterocycles. The number of thiazole rings is 1. The number of fused-ring (bicyclic) bond motifs is 1. The van der Waals surface area contributed by atoms with Crippen LogP contribution in [-0.2, 0) is 0 Å². The zero-order chi connectivity index (χ0) is 13.4. The molecular weight excluding hydrogens is 300 g/mol. The number of nitrogens with zero attached hydrogens (tertiary/aromatic N) is 3. The third-order valence-corrected chi connectivity index (χ3v) is 4.54. The Bertz CT molecular complexity index is 633. The van der Waals surface area contributed by atoms with E-state index >= 15 is 0 Å². The van der Waals surface area contributed by atoms with Crippen molar-refractivity contribution in [3.8, 4) is 0 Å². The summed E-state index contributed by atoms with van der Waals surface area (Å²) in [6.07, 6.45) is 2.21. The van der Waals surface area contributed by atoms with Crippen LogP contribution in [0, 0.1) is 10.1 Å². The van der Waals surface area contributed by atoms with Crippen molar-refractivity contribution in [3.05, 3.63) is 28.3 Å². The molecule has 1 saturated heterocycles. The van der Waals surface area contributed by atoms with Crippen LogP contribution >= 0.6 is 23.7 Å². The Morgan fingerprint density at radius 2 is 2.35 bits per heavy atom. The Kier molecular flexibility index (Phi) is 4.42. The molecule has 1 aromatic heterocycles. The van der Waals surface area contributed by atoms with Gasteiger partial charge in [-0.05, 0) is 18.9 Å². The van der Waals surface area contributed by atoms with Gasteiger partial charge in [-0.1, -0.05) is 11.3 Å². The SMILES string of the molecule is Cl.NCC1CCCN1c1nc2cc([N+](=O)[O-])ccc2s1. The predicted molar refractivity (Wildman–Crippen MR) is 82.9 cm³/mol. The normalized spacial score (nSPS) is 18.2. The molecule has 108 valence electrons. The molecule has 1 aromatic carbocycles. The van der Waals surface area contributed by atoms with Crippen LogP contribution in [0.15, 0.2) is 18.2 Å². The first-order chi connectivity index (χ1) is 9.19.